The number of nitrogens with one attached hydrogen (secondary N) is 1. The number of amides is 1. The quantitative estimate of drug-likeness (QED) is 0.630. The SMILES string of the molecule is C#CCCCCNC(=O)Cc1cccc2ccccc12. The first-order valence-corrected chi connectivity index (χ1v) is 6.98. The van der Waals surface area contributed by atoms with Gasteiger partial charge in [0, 0.05) is 13.0 Å². The van der Waals surface area contributed by atoms with Gasteiger partial charge in [-0.25, -0.2) is 0 Å². The summed E-state index contributed by atoms with van der Waals surface area (Å²) in [5.41, 5.74) is 1.07. The molecule has 2 aromatic carbocycles. The van der Waals surface area contributed by atoms with E-state index >= 15 is 0 Å². The molecule has 0 atom stereocenters. The van der Waals surface area contributed by atoms with E-state index in [0.29, 0.717) is 13.0 Å². The molecule has 0 heterocycles. The molecule has 0 bridgehead atoms. The molecule has 102 valence electrons. The van der Waals surface area contributed by atoms with Crippen LogP contribution < -0.4 is 5.32 Å². The van der Waals surface area contributed by atoms with E-state index in [4.69, 9.17) is 6.42 Å². The monoisotopic (exact) mass is 265 g/mol. The van der Waals surface area contributed by atoms with Crippen LogP contribution in [0.25, 0.3) is 10.8 Å². The summed E-state index contributed by atoms with van der Waals surface area (Å²) in [4.78, 5) is 11.9. The van der Waals surface area contributed by atoms with Crippen molar-refractivity contribution in [2.24, 2.45) is 0 Å². The lowest BCUT2D eigenvalue weighted by Crippen LogP contribution is -2.26. The Balaban J connectivity index is 1.92. The number of carbonyl (C=O) groups excluding carboxylic acids is 1. The van der Waals surface area contributed by atoms with Gasteiger partial charge < -0.3 is 5.32 Å². The number of hydrogen-bond donors (Lipinski definition) is 1. The van der Waals surface area contributed by atoms with Crippen molar-refractivity contribution in [1.82, 2.24) is 5.32 Å². The Bertz CT molecular complexity index is 619. The van der Waals surface area contributed by atoms with Crippen molar-refractivity contribution < 1.29 is 4.79 Å². The van der Waals surface area contributed by atoms with Crippen LogP contribution in [-0.4, -0.2) is 12.5 Å². The van der Waals surface area contributed by atoms with Gasteiger partial charge in [-0.05, 0) is 29.2 Å². The molecule has 0 aromatic heterocycles. The number of rotatable bonds is 6. The third kappa shape index (κ3) is 3.86. The molecule has 1 N–H and O–H groups in total. The first-order valence-electron chi connectivity index (χ1n) is 6.98. The lowest BCUT2D eigenvalue weighted by atomic mass is 10.0. The number of carbonyl (C=O) groups is 1. The minimum absolute atomic E-state index is 0.0714. The van der Waals surface area contributed by atoms with Gasteiger partial charge in [0.15, 0.2) is 0 Å². The molecule has 0 aliphatic carbocycles. The predicted molar refractivity (Wildman–Crippen MR) is 83.3 cm³/mol. The molecule has 2 heteroatoms. The summed E-state index contributed by atoms with van der Waals surface area (Å²) < 4.78 is 0. The van der Waals surface area contributed by atoms with Crippen LogP contribution in [0.1, 0.15) is 24.8 Å². The molecule has 0 radical (unpaired) electrons. The van der Waals surface area contributed by atoms with Crippen LogP contribution >= 0.6 is 0 Å². The molecular weight excluding hydrogens is 246 g/mol. The average molecular weight is 265 g/mol. The normalized spacial score (nSPS) is 10.2. The van der Waals surface area contributed by atoms with E-state index in [1.54, 1.807) is 0 Å². The molecule has 0 saturated carbocycles. The lowest BCUT2D eigenvalue weighted by Gasteiger charge is -2.07. The zero-order valence-electron chi connectivity index (χ0n) is 11.6. The maximum absolute atomic E-state index is 11.9. The maximum atomic E-state index is 11.9. The molecule has 2 nitrogen and oxygen atoms in total. The molecule has 2 rings (SSSR count). The number of fused-ring (bicyclic) bond motifs is 1. The van der Waals surface area contributed by atoms with Crippen molar-refractivity contribution in [3.05, 3.63) is 48.0 Å². The van der Waals surface area contributed by atoms with E-state index in [-0.39, 0.29) is 5.91 Å². The summed E-state index contributed by atoms with van der Waals surface area (Å²) >= 11 is 0. The molecular formula is C18H19NO. The fraction of sp³-hybridized carbons (Fsp3) is 0.278. The molecule has 0 spiro atoms. The second-order valence-corrected chi connectivity index (χ2v) is 4.83. The highest BCUT2D eigenvalue weighted by molar-refractivity contribution is 5.90. The minimum atomic E-state index is 0.0714. The Hall–Kier alpha value is -2.27. The Morgan fingerprint density at radius 3 is 2.75 bits per heavy atom. The minimum Gasteiger partial charge on any atom is -0.356 e. The third-order valence-corrected chi connectivity index (χ3v) is 3.30. The highest BCUT2D eigenvalue weighted by Gasteiger charge is 2.05. The maximum Gasteiger partial charge on any atom is 0.224 e. The van der Waals surface area contributed by atoms with Crippen molar-refractivity contribution in [3.8, 4) is 12.3 Å². The van der Waals surface area contributed by atoms with Crippen molar-refractivity contribution in [1.29, 1.82) is 0 Å². The van der Waals surface area contributed by atoms with Gasteiger partial charge in [-0.2, -0.15) is 0 Å². The zero-order valence-corrected chi connectivity index (χ0v) is 11.6. The topological polar surface area (TPSA) is 29.1 Å². The Labute approximate surface area is 120 Å². The van der Waals surface area contributed by atoms with Crippen molar-refractivity contribution >= 4 is 16.7 Å². The highest BCUT2D eigenvalue weighted by atomic mass is 16.1. The number of unbranched alkanes of at least 4 members (excludes halogenated alkanes) is 2. The number of benzene rings is 2. The van der Waals surface area contributed by atoms with Gasteiger partial charge in [0.05, 0.1) is 6.42 Å². The van der Waals surface area contributed by atoms with Gasteiger partial charge in [0.2, 0.25) is 5.91 Å². The molecule has 20 heavy (non-hydrogen) atoms. The van der Waals surface area contributed by atoms with E-state index in [0.717, 1.165) is 30.2 Å². The molecule has 0 unspecified atom stereocenters. The summed E-state index contributed by atoms with van der Waals surface area (Å²) in [6.07, 6.45) is 8.29. The summed E-state index contributed by atoms with van der Waals surface area (Å²) in [7, 11) is 0. The van der Waals surface area contributed by atoms with Crippen molar-refractivity contribution in [2.45, 2.75) is 25.7 Å². The molecule has 0 aliphatic heterocycles. The van der Waals surface area contributed by atoms with Gasteiger partial charge >= 0.3 is 0 Å². The van der Waals surface area contributed by atoms with Crippen LogP contribution in [0.3, 0.4) is 0 Å². The van der Waals surface area contributed by atoms with E-state index < -0.39 is 0 Å². The van der Waals surface area contributed by atoms with E-state index in [2.05, 4.69) is 29.4 Å². The van der Waals surface area contributed by atoms with Gasteiger partial charge in [-0.3, -0.25) is 4.79 Å². The highest BCUT2D eigenvalue weighted by Crippen LogP contribution is 2.18. The van der Waals surface area contributed by atoms with Crippen molar-refractivity contribution in [2.75, 3.05) is 6.54 Å². The van der Waals surface area contributed by atoms with Crippen molar-refractivity contribution in [3.63, 3.8) is 0 Å². The summed E-state index contributed by atoms with van der Waals surface area (Å²) in [6, 6.07) is 14.2. The van der Waals surface area contributed by atoms with Gasteiger partial charge in [0.25, 0.3) is 0 Å². The third-order valence-electron chi connectivity index (χ3n) is 3.30. The molecule has 2 aromatic rings. The Kier molecular flexibility index (Phi) is 5.20. The molecule has 0 saturated heterocycles. The predicted octanol–water partition coefficient (Wildman–Crippen LogP) is 3.30. The van der Waals surface area contributed by atoms with Crippen LogP contribution in [0.4, 0.5) is 0 Å². The lowest BCUT2D eigenvalue weighted by molar-refractivity contribution is -0.120. The number of hydrogen-bond acceptors (Lipinski definition) is 1. The first-order chi connectivity index (χ1) is 9.81. The van der Waals surface area contributed by atoms with Crippen LogP contribution in [0.2, 0.25) is 0 Å². The Morgan fingerprint density at radius 1 is 1.10 bits per heavy atom. The summed E-state index contributed by atoms with van der Waals surface area (Å²) in [5, 5.41) is 5.27. The van der Waals surface area contributed by atoms with Gasteiger partial charge in [-0.15, -0.1) is 12.3 Å². The summed E-state index contributed by atoms with van der Waals surface area (Å²) in [5.74, 6) is 2.67. The fourth-order valence-corrected chi connectivity index (χ4v) is 2.26. The van der Waals surface area contributed by atoms with E-state index in [1.165, 1.54) is 5.39 Å². The van der Waals surface area contributed by atoms with E-state index in [1.807, 2.05) is 24.3 Å². The Morgan fingerprint density at radius 2 is 1.90 bits per heavy atom. The van der Waals surface area contributed by atoms with Crippen LogP contribution in [0, 0.1) is 12.3 Å². The summed E-state index contributed by atoms with van der Waals surface area (Å²) in [6.45, 7) is 0.700. The van der Waals surface area contributed by atoms with Gasteiger partial charge in [0.1, 0.15) is 0 Å². The molecule has 0 aliphatic rings. The van der Waals surface area contributed by atoms with Crippen LogP contribution in [0.5, 0.6) is 0 Å². The number of terminal acetylenes is 1. The van der Waals surface area contributed by atoms with Crippen LogP contribution in [0.15, 0.2) is 42.5 Å². The second-order valence-electron chi connectivity index (χ2n) is 4.83. The average Bonchev–Trinajstić information content (AvgIpc) is 2.47. The smallest absolute Gasteiger partial charge is 0.224 e. The van der Waals surface area contributed by atoms with E-state index in [9.17, 15) is 4.79 Å². The zero-order chi connectivity index (χ0) is 14.2. The standard InChI is InChI=1S/C18H19NO/c1-2-3-4-7-13-19-18(20)14-16-11-8-10-15-9-5-6-12-17(15)16/h1,5-6,8-12H,3-4,7,13-14H2,(H,19,20). The fourth-order valence-electron chi connectivity index (χ4n) is 2.26. The van der Waals surface area contributed by atoms with Gasteiger partial charge in [-0.1, -0.05) is 42.5 Å². The second kappa shape index (κ2) is 7.35. The van der Waals surface area contributed by atoms with Crippen LogP contribution in [-0.2, 0) is 11.2 Å². The largest absolute Gasteiger partial charge is 0.356 e. The molecule has 0 fully saturated rings. The molecule has 1 amide bonds. The first kappa shape index (κ1) is 14.1.